The van der Waals surface area contributed by atoms with Crippen LogP contribution in [-0.2, 0) is 35.5 Å². The van der Waals surface area contributed by atoms with Gasteiger partial charge >= 0.3 is 11.9 Å². The number of rotatable bonds is 7. The number of carbonyl (C=O) groups is 2. The molecule has 1 aliphatic heterocycles. The molecule has 0 fully saturated rings. The van der Waals surface area contributed by atoms with E-state index in [4.69, 9.17) is 14.2 Å². The average Bonchev–Trinajstić information content (AvgIpc) is 2.78. The molecule has 0 aromatic heterocycles. The van der Waals surface area contributed by atoms with Crippen molar-refractivity contribution in [1.29, 1.82) is 0 Å². The Kier molecular flexibility index (Phi) is 6.69. The minimum atomic E-state index is -4.06. The summed E-state index contributed by atoms with van der Waals surface area (Å²) >= 11 is 0. The van der Waals surface area contributed by atoms with E-state index in [1.165, 1.54) is 50.6 Å². The van der Waals surface area contributed by atoms with Crippen LogP contribution in [0.1, 0.15) is 12.5 Å². The van der Waals surface area contributed by atoms with Crippen LogP contribution >= 0.6 is 0 Å². The molecule has 0 N–H and O–H groups in total. The molecular weight excluding hydrogens is 426 g/mol. The molecule has 0 bridgehead atoms. The maximum atomic E-state index is 13.5. The van der Waals surface area contributed by atoms with Crippen molar-refractivity contribution in [1.82, 2.24) is 0 Å². The Morgan fingerprint density at radius 2 is 1.84 bits per heavy atom. The second kappa shape index (κ2) is 9.25. The lowest BCUT2D eigenvalue weighted by Gasteiger charge is -2.34. The van der Waals surface area contributed by atoms with E-state index in [0.29, 0.717) is 11.3 Å². The number of esters is 2. The summed E-state index contributed by atoms with van der Waals surface area (Å²) in [6.07, 6.45) is -1.17. The van der Waals surface area contributed by atoms with Crippen molar-refractivity contribution in [3.63, 3.8) is 0 Å². The third-order valence-corrected chi connectivity index (χ3v) is 6.46. The highest BCUT2D eigenvalue weighted by Crippen LogP contribution is 2.38. The molecule has 9 nitrogen and oxygen atoms in total. The number of anilines is 1. The zero-order valence-corrected chi connectivity index (χ0v) is 18.2. The van der Waals surface area contributed by atoms with Gasteiger partial charge in [0.05, 0.1) is 44.4 Å². The van der Waals surface area contributed by atoms with Crippen LogP contribution in [-0.4, -0.2) is 53.8 Å². The molecular formula is C21H23NO8S. The molecule has 0 spiro atoms. The molecule has 0 unspecified atom stereocenters. The first-order valence-electron chi connectivity index (χ1n) is 9.50. The summed E-state index contributed by atoms with van der Waals surface area (Å²) in [5.74, 6) is -0.437. The molecule has 3 rings (SSSR count). The first kappa shape index (κ1) is 22.4. The highest BCUT2D eigenvalue weighted by atomic mass is 32.2. The molecule has 1 heterocycles. The molecule has 0 saturated carbocycles. The Bertz CT molecular complexity index is 1070. The van der Waals surface area contributed by atoms with E-state index in [0.717, 1.165) is 4.31 Å². The molecule has 1 atom stereocenters. The number of sulfonamides is 1. The van der Waals surface area contributed by atoms with Crippen molar-refractivity contribution >= 4 is 27.6 Å². The molecule has 2 aromatic rings. The minimum absolute atomic E-state index is 0.0159. The zero-order valence-electron chi connectivity index (χ0n) is 17.4. The summed E-state index contributed by atoms with van der Waals surface area (Å²) in [6.45, 7) is 1.51. The van der Waals surface area contributed by atoms with Gasteiger partial charge in [-0.25, -0.2) is 13.2 Å². The van der Waals surface area contributed by atoms with Crippen LogP contribution in [0.25, 0.3) is 0 Å². The van der Waals surface area contributed by atoms with Gasteiger partial charge < -0.3 is 18.9 Å². The van der Waals surface area contributed by atoms with E-state index < -0.39 is 28.1 Å². The van der Waals surface area contributed by atoms with Crippen molar-refractivity contribution in [2.45, 2.75) is 24.3 Å². The lowest BCUT2D eigenvalue weighted by molar-refractivity contribution is -0.151. The van der Waals surface area contributed by atoms with Crippen LogP contribution in [0.3, 0.4) is 0 Å². The number of methoxy groups -OCH3 is 2. The van der Waals surface area contributed by atoms with Crippen molar-refractivity contribution in [2.24, 2.45) is 0 Å². The van der Waals surface area contributed by atoms with Crippen molar-refractivity contribution in [3.8, 4) is 11.5 Å². The third kappa shape index (κ3) is 4.74. The lowest BCUT2D eigenvalue weighted by Crippen LogP contribution is -2.47. The maximum Gasteiger partial charge on any atom is 0.349 e. The Morgan fingerprint density at radius 1 is 1.13 bits per heavy atom. The maximum absolute atomic E-state index is 13.5. The third-order valence-electron chi connectivity index (χ3n) is 4.67. The predicted molar refractivity (Wildman–Crippen MR) is 111 cm³/mol. The quantitative estimate of drug-likeness (QED) is 0.590. The highest BCUT2D eigenvalue weighted by molar-refractivity contribution is 7.92. The lowest BCUT2D eigenvalue weighted by atomic mass is 10.1. The summed E-state index contributed by atoms with van der Waals surface area (Å²) < 4.78 is 48.5. The van der Waals surface area contributed by atoms with Gasteiger partial charge in [0, 0.05) is 0 Å². The van der Waals surface area contributed by atoms with Gasteiger partial charge in [0.2, 0.25) is 6.10 Å². The van der Waals surface area contributed by atoms with E-state index in [-0.39, 0.29) is 35.9 Å². The number of nitrogens with zero attached hydrogens (tertiary/aromatic N) is 1. The predicted octanol–water partition coefficient (Wildman–Crippen LogP) is 1.93. The van der Waals surface area contributed by atoms with E-state index in [1.54, 1.807) is 13.0 Å². The van der Waals surface area contributed by atoms with Crippen LogP contribution in [0.5, 0.6) is 11.5 Å². The molecule has 0 saturated heterocycles. The smallest absolute Gasteiger partial charge is 0.349 e. The Morgan fingerprint density at radius 3 is 2.45 bits per heavy atom. The summed E-state index contributed by atoms with van der Waals surface area (Å²) in [7, 11) is -1.31. The topological polar surface area (TPSA) is 108 Å². The van der Waals surface area contributed by atoms with E-state index >= 15 is 0 Å². The Balaban J connectivity index is 2.06. The van der Waals surface area contributed by atoms with Gasteiger partial charge in [-0.15, -0.1) is 0 Å². The fraction of sp³-hybridized carbons (Fsp3) is 0.333. The Labute approximate surface area is 180 Å². The summed E-state index contributed by atoms with van der Waals surface area (Å²) in [5, 5.41) is 0. The first-order chi connectivity index (χ1) is 14.8. The standard InChI is InChI=1S/C21H23NO8S/c1-4-29-21(24)19-13-22(31(25,26)16-8-6-15(27-2)7-9-16)17-11-14(12-20(23)28-3)5-10-18(17)30-19/h5-11,19H,4,12-13H2,1-3H3/t19-/m0/s1. The number of fused-ring (bicyclic) bond motifs is 1. The molecule has 166 valence electrons. The van der Waals surface area contributed by atoms with E-state index in [9.17, 15) is 18.0 Å². The Hall–Kier alpha value is -3.27. The van der Waals surface area contributed by atoms with Crippen LogP contribution in [0.15, 0.2) is 47.4 Å². The molecule has 2 aromatic carbocycles. The first-order valence-corrected chi connectivity index (χ1v) is 10.9. The summed E-state index contributed by atoms with van der Waals surface area (Å²) in [5.41, 5.74) is 0.761. The molecule has 1 aliphatic rings. The molecule has 0 radical (unpaired) electrons. The second-order valence-corrected chi connectivity index (χ2v) is 8.49. The van der Waals surface area contributed by atoms with Gasteiger partial charge in [-0.05, 0) is 48.9 Å². The second-order valence-electron chi connectivity index (χ2n) is 6.63. The molecule has 0 amide bonds. The zero-order chi connectivity index (χ0) is 22.6. The fourth-order valence-electron chi connectivity index (χ4n) is 3.11. The minimum Gasteiger partial charge on any atom is -0.497 e. The largest absolute Gasteiger partial charge is 0.497 e. The van der Waals surface area contributed by atoms with Crippen LogP contribution in [0.2, 0.25) is 0 Å². The molecule has 31 heavy (non-hydrogen) atoms. The summed E-state index contributed by atoms with van der Waals surface area (Å²) in [6, 6.07) is 10.6. The van der Waals surface area contributed by atoms with E-state index in [1.807, 2.05) is 0 Å². The number of carbonyl (C=O) groups excluding carboxylic acids is 2. The van der Waals surface area contributed by atoms with Gasteiger partial charge in [0.25, 0.3) is 10.0 Å². The normalized spacial score (nSPS) is 15.5. The van der Waals surface area contributed by atoms with Gasteiger partial charge in [-0.2, -0.15) is 0 Å². The van der Waals surface area contributed by atoms with Crippen LogP contribution in [0, 0.1) is 0 Å². The van der Waals surface area contributed by atoms with Gasteiger partial charge in [-0.3, -0.25) is 9.10 Å². The van der Waals surface area contributed by atoms with Gasteiger partial charge in [-0.1, -0.05) is 6.07 Å². The highest BCUT2D eigenvalue weighted by Gasteiger charge is 2.38. The van der Waals surface area contributed by atoms with Crippen molar-refractivity contribution in [3.05, 3.63) is 48.0 Å². The molecule has 0 aliphatic carbocycles. The average molecular weight is 449 g/mol. The number of ether oxygens (including phenoxy) is 4. The molecule has 10 heteroatoms. The van der Waals surface area contributed by atoms with Gasteiger partial charge in [0.15, 0.2) is 0 Å². The van der Waals surface area contributed by atoms with Crippen LogP contribution in [0.4, 0.5) is 5.69 Å². The van der Waals surface area contributed by atoms with Crippen molar-refractivity contribution in [2.75, 3.05) is 31.7 Å². The van der Waals surface area contributed by atoms with E-state index in [2.05, 4.69) is 4.74 Å². The number of hydrogen-bond donors (Lipinski definition) is 0. The number of benzene rings is 2. The van der Waals surface area contributed by atoms with Crippen molar-refractivity contribution < 1.29 is 37.0 Å². The number of hydrogen-bond acceptors (Lipinski definition) is 8. The fourth-order valence-corrected chi connectivity index (χ4v) is 4.57. The van der Waals surface area contributed by atoms with Gasteiger partial charge in [0.1, 0.15) is 11.5 Å². The SMILES string of the molecule is CCOC(=O)[C@@H]1CN(S(=O)(=O)c2ccc(OC)cc2)c2cc(CC(=O)OC)ccc2O1. The summed E-state index contributed by atoms with van der Waals surface area (Å²) in [4.78, 5) is 24.0. The monoisotopic (exact) mass is 449 g/mol. The van der Waals surface area contributed by atoms with Crippen LogP contribution < -0.4 is 13.8 Å².